The first-order valence-electron chi connectivity index (χ1n) is 5.84. The summed E-state index contributed by atoms with van der Waals surface area (Å²) in [6.07, 6.45) is 0.685. The van der Waals surface area contributed by atoms with E-state index >= 15 is 0 Å². The smallest absolute Gasteiger partial charge is 0.253 e. The maximum Gasteiger partial charge on any atom is 0.253 e. The zero-order valence-corrected chi connectivity index (χ0v) is 12.2. The number of ketones is 1. The van der Waals surface area contributed by atoms with Gasteiger partial charge in [0.25, 0.3) is 5.89 Å². The number of rotatable bonds is 5. The molecule has 0 N–H and O–H groups in total. The van der Waals surface area contributed by atoms with Crippen molar-refractivity contribution < 1.29 is 13.9 Å². The molecule has 6 heteroatoms. The fraction of sp³-hybridized carbons (Fsp3) is 0.308. The number of halogens is 1. The van der Waals surface area contributed by atoms with E-state index in [0.717, 1.165) is 4.47 Å². The SMILES string of the molecule is CCc1nnc(COc2ccc(Br)cc2C(C)=O)o1. The molecule has 0 spiro atoms. The van der Waals surface area contributed by atoms with Crippen molar-refractivity contribution in [3.05, 3.63) is 40.0 Å². The van der Waals surface area contributed by atoms with E-state index in [1.807, 2.05) is 13.0 Å². The number of hydrogen-bond acceptors (Lipinski definition) is 5. The maximum absolute atomic E-state index is 11.5. The number of Topliss-reactive ketones (excluding diaryl/α,β-unsaturated/α-hetero) is 1. The van der Waals surface area contributed by atoms with Crippen LogP contribution in [0.4, 0.5) is 0 Å². The van der Waals surface area contributed by atoms with Gasteiger partial charge in [0.1, 0.15) is 5.75 Å². The van der Waals surface area contributed by atoms with E-state index in [2.05, 4.69) is 26.1 Å². The molecule has 0 aliphatic rings. The van der Waals surface area contributed by atoms with Gasteiger partial charge in [-0.3, -0.25) is 4.79 Å². The first-order chi connectivity index (χ1) is 9.10. The Morgan fingerprint density at radius 1 is 1.37 bits per heavy atom. The van der Waals surface area contributed by atoms with Crippen LogP contribution in [0.2, 0.25) is 0 Å². The summed E-state index contributed by atoms with van der Waals surface area (Å²) in [4.78, 5) is 11.5. The van der Waals surface area contributed by atoms with Crippen LogP contribution < -0.4 is 4.74 Å². The van der Waals surface area contributed by atoms with Crippen LogP contribution in [0.15, 0.2) is 27.1 Å². The molecule has 0 radical (unpaired) electrons. The standard InChI is InChI=1S/C13H13BrN2O3/c1-3-12-15-16-13(19-12)7-18-11-5-4-9(14)6-10(11)8(2)17/h4-6H,3,7H2,1-2H3. The third-order valence-electron chi connectivity index (χ3n) is 2.48. The third-order valence-corrected chi connectivity index (χ3v) is 2.98. The summed E-state index contributed by atoms with van der Waals surface area (Å²) in [6.45, 7) is 3.58. The highest BCUT2D eigenvalue weighted by Gasteiger charge is 2.11. The van der Waals surface area contributed by atoms with E-state index < -0.39 is 0 Å². The minimum absolute atomic E-state index is 0.0592. The molecule has 1 heterocycles. The second kappa shape index (κ2) is 5.97. The van der Waals surface area contributed by atoms with Crippen molar-refractivity contribution >= 4 is 21.7 Å². The molecule has 0 saturated heterocycles. The van der Waals surface area contributed by atoms with Gasteiger partial charge in [-0.1, -0.05) is 22.9 Å². The predicted octanol–water partition coefficient (Wildman–Crippen LogP) is 3.18. The summed E-state index contributed by atoms with van der Waals surface area (Å²) in [7, 11) is 0. The van der Waals surface area contributed by atoms with Gasteiger partial charge < -0.3 is 9.15 Å². The predicted molar refractivity (Wildman–Crippen MR) is 72.2 cm³/mol. The molecule has 0 aliphatic carbocycles. The lowest BCUT2D eigenvalue weighted by Gasteiger charge is -2.08. The number of carbonyl (C=O) groups excluding carboxylic acids is 1. The third kappa shape index (κ3) is 3.41. The summed E-state index contributed by atoms with van der Waals surface area (Å²) in [5, 5.41) is 7.71. The number of aryl methyl sites for hydroxylation is 1. The average molecular weight is 325 g/mol. The van der Waals surface area contributed by atoms with E-state index in [4.69, 9.17) is 9.15 Å². The lowest BCUT2D eigenvalue weighted by Crippen LogP contribution is -2.02. The first-order valence-corrected chi connectivity index (χ1v) is 6.64. The molecule has 100 valence electrons. The topological polar surface area (TPSA) is 65.2 Å². The molecule has 0 aliphatic heterocycles. The Labute approximate surface area is 119 Å². The molecular formula is C13H13BrN2O3. The van der Waals surface area contributed by atoms with E-state index in [-0.39, 0.29) is 12.4 Å². The second-order valence-corrected chi connectivity index (χ2v) is 4.84. The number of benzene rings is 1. The number of hydrogen-bond donors (Lipinski definition) is 0. The molecule has 0 bridgehead atoms. The fourth-order valence-corrected chi connectivity index (χ4v) is 1.89. The molecule has 0 atom stereocenters. The van der Waals surface area contributed by atoms with Crippen molar-refractivity contribution in [3.63, 3.8) is 0 Å². The van der Waals surface area contributed by atoms with Crippen molar-refractivity contribution in [2.45, 2.75) is 26.9 Å². The van der Waals surface area contributed by atoms with Crippen molar-refractivity contribution in [2.24, 2.45) is 0 Å². The molecule has 2 rings (SSSR count). The summed E-state index contributed by atoms with van der Waals surface area (Å²) in [6, 6.07) is 5.27. The first kappa shape index (κ1) is 13.7. The Kier molecular flexibility index (Phi) is 4.31. The Hall–Kier alpha value is -1.69. The monoisotopic (exact) mass is 324 g/mol. The fourth-order valence-electron chi connectivity index (χ4n) is 1.53. The van der Waals surface area contributed by atoms with Crippen molar-refractivity contribution in [1.82, 2.24) is 10.2 Å². The van der Waals surface area contributed by atoms with E-state index in [1.165, 1.54) is 6.92 Å². The van der Waals surface area contributed by atoms with Crippen LogP contribution in [0.25, 0.3) is 0 Å². The summed E-state index contributed by atoms with van der Waals surface area (Å²) < 4.78 is 11.7. The Bertz CT molecular complexity index is 595. The Balaban J connectivity index is 2.12. The number of aromatic nitrogens is 2. The van der Waals surface area contributed by atoms with Crippen molar-refractivity contribution in [1.29, 1.82) is 0 Å². The molecule has 0 amide bonds. The maximum atomic E-state index is 11.5. The molecule has 0 saturated carbocycles. The van der Waals surface area contributed by atoms with Crippen LogP contribution in [0.3, 0.4) is 0 Å². The van der Waals surface area contributed by atoms with Gasteiger partial charge in [0.05, 0.1) is 5.56 Å². The van der Waals surface area contributed by atoms with Gasteiger partial charge in [-0.2, -0.15) is 0 Å². The molecule has 1 aromatic heterocycles. The average Bonchev–Trinajstić information content (AvgIpc) is 2.85. The van der Waals surface area contributed by atoms with Crippen LogP contribution >= 0.6 is 15.9 Å². The molecule has 19 heavy (non-hydrogen) atoms. The highest BCUT2D eigenvalue weighted by Crippen LogP contribution is 2.24. The molecule has 5 nitrogen and oxygen atoms in total. The highest BCUT2D eigenvalue weighted by atomic mass is 79.9. The second-order valence-electron chi connectivity index (χ2n) is 3.93. The van der Waals surface area contributed by atoms with Gasteiger partial charge in [-0.25, -0.2) is 0 Å². The zero-order valence-electron chi connectivity index (χ0n) is 10.6. The van der Waals surface area contributed by atoms with Gasteiger partial charge in [0.15, 0.2) is 12.4 Å². The van der Waals surface area contributed by atoms with Crippen LogP contribution in [0.1, 0.15) is 36.0 Å². The van der Waals surface area contributed by atoms with Gasteiger partial charge in [-0.05, 0) is 25.1 Å². The minimum Gasteiger partial charge on any atom is -0.483 e. The van der Waals surface area contributed by atoms with Gasteiger partial charge in [0.2, 0.25) is 5.89 Å². The van der Waals surface area contributed by atoms with Crippen LogP contribution in [0.5, 0.6) is 5.75 Å². The molecular weight excluding hydrogens is 312 g/mol. The van der Waals surface area contributed by atoms with E-state index in [9.17, 15) is 4.79 Å². The number of nitrogens with zero attached hydrogens (tertiary/aromatic N) is 2. The van der Waals surface area contributed by atoms with Gasteiger partial charge in [-0.15, -0.1) is 10.2 Å². The highest BCUT2D eigenvalue weighted by molar-refractivity contribution is 9.10. The Morgan fingerprint density at radius 3 is 2.74 bits per heavy atom. The molecule has 0 fully saturated rings. The van der Waals surface area contributed by atoms with Crippen molar-refractivity contribution in [2.75, 3.05) is 0 Å². The van der Waals surface area contributed by atoms with Gasteiger partial charge in [0, 0.05) is 10.9 Å². The van der Waals surface area contributed by atoms with Crippen LogP contribution in [-0.2, 0) is 13.0 Å². The van der Waals surface area contributed by atoms with Gasteiger partial charge >= 0.3 is 0 Å². The summed E-state index contributed by atoms with van der Waals surface area (Å²) >= 11 is 3.32. The van der Waals surface area contributed by atoms with Crippen LogP contribution in [-0.4, -0.2) is 16.0 Å². The minimum atomic E-state index is -0.0592. The lowest BCUT2D eigenvalue weighted by molar-refractivity contribution is 0.101. The molecule has 1 aromatic carbocycles. The molecule has 0 unspecified atom stereocenters. The van der Waals surface area contributed by atoms with E-state index in [0.29, 0.717) is 29.5 Å². The number of carbonyl (C=O) groups is 1. The number of ether oxygens (including phenoxy) is 1. The zero-order chi connectivity index (χ0) is 13.8. The summed E-state index contributed by atoms with van der Waals surface area (Å²) in [5.41, 5.74) is 0.518. The van der Waals surface area contributed by atoms with Crippen LogP contribution in [0, 0.1) is 0 Å². The summed E-state index contributed by atoms with van der Waals surface area (Å²) in [5.74, 6) is 1.42. The lowest BCUT2D eigenvalue weighted by atomic mass is 10.1. The van der Waals surface area contributed by atoms with E-state index in [1.54, 1.807) is 12.1 Å². The normalized spacial score (nSPS) is 10.5. The van der Waals surface area contributed by atoms with Crippen molar-refractivity contribution in [3.8, 4) is 5.75 Å². The largest absolute Gasteiger partial charge is 0.483 e. The molecule has 2 aromatic rings. The Morgan fingerprint density at radius 2 is 2.11 bits per heavy atom. The quantitative estimate of drug-likeness (QED) is 0.790.